The number of nitrogens with one attached hydrogen (secondary N) is 1. The van der Waals surface area contributed by atoms with Gasteiger partial charge in [-0.1, -0.05) is 35.2 Å². The molecule has 1 saturated carbocycles. The Hall–Kier alpha value is -1.65. The van der Waals surface area contributed by atoms with Crippen LogP contribution in [-0.4, -0.2) is 58.8 Å². The van der Waals surface area contributed by atoms with E-state index in [9.17, 15) is 13.2 Å². The first kappa shape index (κ1) is 19.7. The van der Waals surface area contributed by atoms with Gasteiger partial charge in [-0.2, -0.15) is 0 Å². The molecule has 1 aromatic heterocycles. The maximum absolute atomic E-state index is 12.8. The fourth-order valence-electron chi connectivity index (χ4n) is 3.42. The summed E-state index contributed by atoms with van der Waals surface area (Å²) in [6.07, 6.45) is 2.49. The van der Waals surface area contributed by atoms with E-state index in [1.54, 1.807) is 0 Å². The van der Waals surface area contributed by atoms with Crippen molar-refractivity contribution < 1.29 is 13.2 Å². The number of aromatic nitrogens is 2. The summed E-state index contributed by atoms with van der Waals surface area (Å²) in [6.45, 7) is 2.03. The molecule has 2 fully saturated rings. The van der Waals surface area contributed by atoms with Gasteiger partial charge in [0.05, 0.1) is 17.3 Å². The van der Waals surface area contributed by atoms with Gasteiger partial charge in [-0.25, -0.2) is 8.42 Å². The standard InChI is InChI=1S/C18H22N4O3S3/c1-12-3-2-4-13(9-12)19-17-20-21-18(27-17)26-10-16(23)22(14-5-6-14)15-7-8-28(24,25)11-15/h2-4,9,14-15H,5-8,10-11H2,1H3,(H,19,20). The van der Waals surface area contributed by atoms with E-state index < -0.39 is 9.84 Å². The quantitative estimate of drug-likeness (QED) is 0.665. The van der Waals surface area contributed by atoms with Gasteiger partial charge in [-0.05, 0) is 43.9 Å². The van der Waals surface area contributed by atoms with E-state index in [1.807, 2.05) is 36.1 Å². The molecule has 1 amide bonds. The number of aryl methyl sites for hydroxylation is 1. The molecule has 2 heterocycles. The topological polar surface area (TPSA) is 92.3 Å². The van der Waals surface area contributed by atoms with Gasteiger partial charge < -0.3 is 10.2 Å². The van der Waals surface area contributed by atoms with Gasteiger partial charge in [0.1, 0.15) is 0 Å². The minimum atomic E-state index is -3.01. The molecule has 1 unspecified atom stereocenters. The van der Waals surface area contributed by atoms with Crippen LogP contribution in [0.3, 0.4) is 0 Å². The Kier molecular flexibility index (Phi) is 5.62. The van der Waals surface area contributed by atoms with Gasteiger partial charge in [0.15, 0.2) is 14.2 Å². The van der Waals surface area contributed by atoms with Crippen molar-refractivity contribution in [2.24, 2.45) is 0 Å². The molecule has 28 heavy (non-hydrogen) atoms. The maximum atomic E-state index is 12.8. The Morgan fingerprint density at radius 2 is 2.11 bits per heavy atom. The highest BCUT2D eigenvalue weighted by Crippen LogP contribution is 2.34. The zero-order valence-corrected chi connectivity index (χ0v) is 17.9. The number of amides is 1. The van der Waals surface area contributed by atoms with E-state index in [0.717, 1.165) is 28.4 Å². The summed E-state index contributed by atoms with van der Waals surface area (Å²) in [5.41, 5.74) is 2.11. The summed E-state index contributed by atoms with van der Waals surface area (Å²) < 4.78 is 24.3. The second kappa shape index (κ2) is 8.00. The second-order valence-electron chi connectivity index (χ2n) is 7.25. The number of anilines is 2. The highest BCUT2D eigenvalue weighted by Gasteiger charge is 2.41. The number of nitrogens with zero attached hydrogens (tertiary/aromatic N) is 3. The Labute approximate surface area is 172 Å². The molecule has 1 aliphatic heterocycles. The van der Waals surface area contributed by atoms with E-state index in [2.05, 4.69) is 15.5 Å². The maximum Gasteiger partial charge on any atom is 0.233 e. The van der Waals surface area contributed by atoms with Crippen LogP contribution in [0.25, 0.3) is 0 Å². The number of carbonyl (C=O) groups excluding carboxylic acids is 1. The minimum Gasteiger partial charge on any atom is -0.335 e. The molecule has 2 aliphatic rings. The minimum absolute atomic E-state index is 0.00186. The van der Waals surface area contributed by atoms with Crippen LogP contribution in [0.4, 0.5) is 10.8 Å². The highest BCUT2D eigenvalue weighted by molar-refractivity contribution is 8.01. The molecule has 0 spiro atoms. The predicted octanol–water partition coefficient (Wildman–Crippen LogP) is 2.86. The monoisotopic (exact) mass is 438 g/mol. The van der Waals surface area contributed by atoms with Crippen molar-refractivity contribution in [1.82, 2.24) is 15.1 Å². The van der Waals surface area contributed by atoms with Crippen molar-refractivity contribution >= 4 is 49.7 Å². The molecular formula is C18H22N4O3S3. The summed E-state index contributed by atoms with van der Waals surface area (Å²) in [4.78, 5) is 14.6. The largest absolute Gasteiger partial charge is 0.335 e. The first-order chi connectivity index (χ1) is 13.4. The predicted molar refractivity (Wildman–Crippen MR) is 112 cm³/mol. The summed E-state index contributed by atoms with van der Waals surface area (Å²) in [7, 11) is -3.01. The van der Waals surface area contributed by atoms with Crippen molar-refractivity contribution in [2.45, 2.75) is 42.6 Å². The SMILES string of the molecule is Cc1cccc(Nc2nnc(SCC(=O)N(C3CC3)C3CCS(=O)(=O)C3)s2)c1. The average molecular weight is 439 g/mol. The normalized spacial score (nSPS) is 20.8. The molecule has 150 valence electrons. The van der Waals surface area contributed by atoms with Crippen LogP contribution in [0.1, 0.15) is 24.8 Å². The van der Waals surface area contributed by atoms with E-state index in [-0.39, 0.29) is 35.2 Å². The molecule has 1 saturated heterocycles. The smallest absolute Gasteiger partial charge is 0.233 e. The zero-order valence-electron chi connectivity index (χ0n) is 15.5. The number of benzene rings is 1. The van der Waals surface area contributed by atoms with Crippen molar-refractivity contribution in [3.8, 4) is 0 Å². The molecule has 1 aliphatic carbocycles. The third-order valence-electron chi connectivity index (χ3n) is 4.82. The van der Waals surface area contributed by atoms with Gasteiger partial charge in [0.25, 0.3) is 0 Å². The fraction of sp³-hybridized carbons (Fsp3) is 0.500. The summed E-state index contributed by atoms with van der Waals surface area (Å²) >= 11 is 2.77. The van der Waals surface area contributed by atoms with Crippen LogP contribution in [0.5, 0.6) is 0 Å². The van der Waals surface area contributed by atoms with Gasteiger partial charge in [0, 0.05) is 17.8 Å². The van der Waals surface area contributed by atoms with Crippen molar-refractivity contribution in [3.05, 3.63) is 29.8 Å². The molecule has 2 aromatic rings. The molecule has 1 N–H and O–H groups in total. The van der Waals surface area contributed by atoms with Crippen LogP contribution < -0.4 is 5.32 Å². The van der Waals surface area contributed by atoms with E-state index in [1.165, 1.54) is 23.1 Å². The molecular weight excluding hydrogens is 416 g/mol. The molecule has 1 atom stereocenters. The Morgan fingerprint density at radius 3 is 2.79 bits per heavy atom. The lowest BCUT2D eigenvalue weighted by molar-refractivity contribution is -0.130. The molecule has 10 heteroatoms. The van der Waals surface area contributed by atoms with Gasteiger partial charge >= 0.3 is 0 Å². The van der Waals surface area contributed by atoms with E-state index in [0.29, 0.717) is 11.6 Å². The zero-order chi connectivity index (χ0) is 19.7. The molecule has 7 nitrogen and oxygen atoms in total. The number of rotatable bonds is 7. The summed E-state index contributed by atoms with van der Waals surface area (Å²) in [5.74, 6) is 0.541. The Balaban J connectivity index is 1.35. The van der Waals surface area contributed by atoms with Gasteiger partial charge in [0.2, 0.25) is 11.0 Å². The first-order valence-electron chi connectivity index (χ1n) is 9.21. The molecule has 0 radical (unpaired) electrons. The number of hydrogen-bond donors (Lipinski definition) is 1. The first-order valence-corrected chi connectivity index (χ1v) is 12.8. The van der Waals surface area contributed by atoms with Crippen molar-refractivity contribution in [1.29, 1.82) is 0 Å². The number of hydrogen-bond acceptors (Lipinski definition) is 8. The Morgan fingerprint density at radius 1 is 1.29 bits per heavy atom. The van der Waals surface area contributed by atoms with E-state index >= 15 is 0 Å². The lowest BCUT2D eigenvalue weighted by Crippen LogP contribution is -2.43. The van der Waals surface area contributed by atoms with Crippen LogP contribution in [0.2, 0.25) is 0 Å². The third-order valence-corrected chi connectivity index (χ3v) is 8.53. The molecule has 1 aromatic carbocycles. The van der Waals surface area contributed by atoms with Crippen LogP contribution in [0.15, 0.2) is 28.6 Å². The van der Waals surface area contributed by atoms with Crippen LogP contribution in [-0.2, 0) is 14.6 Å². The summed E-state index contributed by atoms with van der Waals surface area (Å²) in [5, 5.41) is 12.2. The van der Waals surface area contributed by atoms with Crippen LogP contribution >= 0.6 is 23.1 Å². The number of sulfone groups is 1. The highest BCUT2D eigenvalue weighted by atomic mass is 32.2. The average Bonchev–Trinajstić information content (AvgIpc) is 3.26. The van der Waals surface area contributed by atoms with Gasteiger partial charge in [-0.15, -0.1) is 10.2 Å². The third kappa shape index (κ3) is 4.84. The lowest BCUT2D eigenvalue weighted by atomic mass is 10.2. The van der Waals surface area contributed by atoms with Crippen LogP contribution in [0, 0.1) is 6.92 Å². The number of carbonyl (C=O) groups is 1. The van der Waals surface area contributed by atoms with E-state index in [4.69, 9.17) is 0 Å². The number of thioether (sulfide) groups is 1. The van der Waals surface area contributed by atoms with Gasteiger partial charge in [-0.3, -0.25) is 4.79 Å². The van der Waals surface area contributed by atoms with Crippen molar-refractivity contribution in [2.75, 3.05) is 22.6 Å². The lowest BCUT2D eigenvalue weighted by Gasteiger charge is -2.28. The Bertz CT molecular complexity index is 972. The summed E-state index contributed by atoms with van der Waals surface area (Å²) in [6, 6.07) is 8.04. The second-order valence-corrected chi connectivity index (χ2v) is 11.7. The van der Waals surface area contributed by atoms with Crippen molar-refractivity contribution in [3.63, 3.8) is 0 Å². The fourth-order valence-corrected chi connectivity index (χ4v) is 6.77. The molecule has 0 bridgehead atoms. The molecule has 4 rings (SSSR count).